The minimum absolute atomic E-state index is 0.0137. The van der Waals surface area contributed by atoms with Crippen LogP contribution in [0.25, 0.3) is 0 Å². The van der Waals surface area contributed by atoms with Crippen molar-refractivity contribution in [3.8, 4) is 11.5 Å². The van der Waals surface area contributed by atoms with E-state index in [9.17, 15) is 18.0 Å². The van der Waals surface area contributed by atoms with Gasteiger partial charge in [0.25, 0.3) is 5.91 Å². The molecule has 1 N–H and O–H groups in total. The van der Waals surface area contributed by atoms with Gasteiger partial charge in [-0.25, -0.2) is 8.42 Å². The maximum absolute atomic E-state index is 13.3. The summed E-state index contributed by atoms with van der Waals surface area (Å²) in [4.78, 5) is 27.9. The highest BCUT2D eigenvalue weighted by Gasteiger charge is 2.28. The van der Waals surface area contributed by atoms with E-state index in [0.717, 1.165) is 18.4 Å². The molecule has 4 rings (SSSR count). The van der Waals surface area contributed by atoms with E-state index in [1.807, 2.05) is 12.1 Å². The molecule has 0 aromatic heterocycles. The molecule has 0 radical (unpaired) electrons. The minimum Gasteiger partial charge on any atom is -0.497 e. The van der Waals surface area contributed by atoms with Crippen molar-refractivity contribution in [3.63, 3.8) is 0 Å². The van der Waals surface area contributed by atoms with Gasteiger partial charge in [-0.1, -0.05) is 12.1 Å². The van der Waals surface area contributed by atoms with Gasteiger partial charge in [0.1, 0.15) is 17.5 Å². The lowest BCUT2D eigenvalue weighted by atomic mass is 10.1. The van der Waals surface area contributed by atoms with Crippen molar-refractivity contribution in [3.05, 3.63) is 54.1 Å². The SMILES string of the molecule is COc1ccc(CN(C(=O)COc2ccc(S(=O)(=O)N3CCOCC3)cc2)[C@@H](C)C(=O)NC[C@@H]2CCCO2)cc1. The number of hydrogen-bond acceptors (Lipinski definition) is 8. The van der Waals surface area contributed by atoms with Gasteiger partial charge in [0.05, 0.1) is 31.3 Å². The lowest BCUT2D eigenvalue weighted by molar-refractivity contribution is -0.142. The fraction of sp³-hybridized carbons (Fsp3) is 0.500. The van der Waals surface area contributed by atoms with Crippen LogP contribution in [0.5, 0.6) is 11.5 Å². The quantitative estimate of drug-likeness (QED) is 0.407. The Balaban J connectivity index is 1.40. The molecule has 2 aromatic rings. The number of ether oxygens (including phenoxy) is 4. The number of methoxy groups -OCH3 is 1. The van der Waals surface area contributed by atoms with Gasteiger partial charge in [-0.15, -0.1) is 0 Å². The molecular formula is C28H37N3O8S. The second kappa shape index (κ2) is 13.9. The molecule has 0 unspecified atom stereocenters. The van der Waals surface area contributed by atoms with E-state index < -0.39 is 16.1 Å². The lowest BCUT2D eigenvalue weighted by Gasteiger charge is -2.29. The molecule has 2 saturated heterocycles. The van der Waals surface area contributed by atoms with Crippen LogP contribution in [0.1, 0.15) is 25.3 Å². The average molecular weight is 576 g/mol. The van der Waals surface area contributed by atoms with E-state index in [1.54, 1.807) is 26.2 Å². The van der Waals surface area contributed by atoms with E-state index in [0.29, 0.717) is 51.0 Å². The van der Waals surface area contributed by atoms with Crippen molar-refractivity contribution in [2.75, 3.05) is 53.2 Å². The summed E-state index contributed by atoms with van der Waals surface area (Å²) in [5.74, 6) is 0.358. The normalized spacial score (nSPS) is 18.6. The molecule has 2 atom stereocenters. The van der Waals surface area contributed by atoms with Crippen LogP contribution < -0.4 is 14.8 Å². The number of carbonyl (C=O) groups is 2. The van der Waals surface area contributed by atoms with Gasteiger partial charge >= 0.3 is 0 Å². The topological polar surface area (TPSA) is 124 Å². The van der Waals surface area contributed by atoms with Crippen molar-refractivity contribution in [1.82, 2.24) is 14.5 Å². The number of hydrogen-bond donors (Lipinski definition) is 1. The fourth-order valence-electron chi connectivity index (χ4n) is 4.55. The smallest absolute Gasteiger partial charge is 0.261 e. The number of nitrogens with one attached hydrogen (secondary N) is 1. The molecule has 11 nitrogen and oxygen atoms in total. The van der Waals surface area contributed by atoms with Gasteiger partial charge in [0.2, 0.25) is 15.9 Å². The summed E-state index contributed by atoms with van der Waals surface area (Å²) in [5, 5.41) is 2.90. The predicted octanol–water partition coefficient (Wildman–Crippen LogP) is 1.81. The molecule has 218 valence electrons. The van der Waals surface area contributed by atoms with Crippen LogP contribution in [-0.4, -0.2) is 94.8 Å². The first-order chi connectivity index (χ1) is 19.3. The van der Waals surface area contributed by atoms with Gasteiger partial charge < -0.3 is 29.2 Å². The van der Waals surface area contributed by atoms with Crippen LogP contribution in [0.15, 0.2) is 53.4 Å². The average Bonchev–Trinajstić information content (AvgIpc) is 3.52. The fourth-order valence-corrected chi connectivity index (χ4v) is 5.96. The van der Waals surface area contributed by atoms with E-state index in [-0.39, 0.29) is 36.0 Å². The summed E-state index contributed by atoms with van der Waals surface area (Å²) >= 11 is 0. The van der Waals surface area contributed by atoms with Crippen molar-refractivity contribution in [2.24, 2.45) is 0 Å². The van der Waals surface area contributed by atoms with Gasteiger partial charge in [-0.2, -0.15) is 4.31 Å². The van der Waals surface area contributed by atoms with Crippen LogP contribution in [0, 0.1) is 0 Å². The van der Waals surface area contributed by atoms with Crippen LogP contribution >= 0.6 is 0 Å². The maximum Gasteiger partial charge on any atom is 0.261 e. The number of nitrogens with zero attached hydrogens (tertiary/aromatic N) is 2. The van der Waals surface area contributed by atoms with E-state index in [4.69, 9.17) is 18.9 Å². The number of benzene rings is 2. The van der Waals surface area contributed by atoms with Crippen LogP contribution in [0.4, 0.5) is 0 Å². The zero-order chi connectivity index (χ0) is 28.5. The zero-order valence-electron chi connectivity index (χ0n) is 22.9. The summed E-state index contributed by atoms with van der Waals surface area (Å²) in [5.41, 5.74) is 0.825. The molecule has 0 aliphatic carbocycles. The molecule has 2 amide bonds. The van der Waals surface area contributed by atoms with E-state index in [2.05, 4.69) is 5.32 Å². The number of amides is 2. The molecule has 2 aliphatic rings. The highest BCUT2D eigenvalue weighted by atomic mass is 32.2. The second-order valence-corrected chi connectivity index (χ2v) is 11.6. The summed E-state index contributed by atoms with van der Waals surface area (Å²) in [6.07, 6.45) is 1.85. The number of carbonyl (C=O) groups excluding carboxylic acids is 2. The predicted molar refractivity (Wildman–Crippen MR) is 147 cm³/mol. The van der Waals surface area contributed by atoms with Gasteiger partial charge in [-0.05, 0) is 61.7 Å². The molecular weight excluding hydrogens is 538 g/mol. The first-order valence-electron chi connectivity index (χ1n) is 13.4. The summed E-state index contributed by atoms with van der Waals surface area (Å²) < 4.78 is 48.9. The monoisotopic (exact) mass is 575 g/mol. The van der Waals surface area contributed by atoms with Crippen LogP contribution in [-0.2, 0) is 35.6 Å². The highest BCUT2D eigenvalue weighted by Crippen LogP contribution is 2.21. The van der Waals surface area contributed by atoms with Gasteiger partial charge in [-0.3, -0.25) is 9.59 Å². The Morgan fingerprint density at radius 3 is 2.35 bits per heavy atom. The maximum atomic E-state index is 13.3. The molecule has 12 heteroatoms. The molecule has 2 aromatic carbocycles. The van der Waals surface area contributed by atoms with Crippen molar-refractivity contribution < 1.29 is 37.0 Å². The molecule has 2 fully saturated rings. The number of morpholine rings is 1. The second-order valence-electron chi connectivity index (χ2n) is 9.70. The largest absolute Gasteiger partial charge is 0.497 e. The molecule has 2 heterocycles. The Morgan fingerprint density at radius 1 is 1.05 bits per heavy atom. The Hall–Kier alpha value is -3.19. The van der Waals surface area contributed by atoms with Crippen LogP contribution in [0.3, 0.4) is 0 Å². The van der Waals surface area contributed by atoms with Crippen LogP contribution in [0.2, 0.25) is 0 Å². The summed E-state index contributed by atoms with van der Waals surface area (Å²) in [6, 6.07) is 12.5. The van der Waals surface area contributed by atoms with Crippen molar-refractivity contribution >= 4 is 21.8 Å². The third kappa shape index (κ3) is 7.72. The molecule has 0 saturated carbocycles. The third-order valence-corrected chi connectivity index (χ3v) is 8.91. The number of sulfonamides is 1. The van der Waals surface area contributed by atoms with Gasteiger partial charge in [0.15, 0.2) is 6.61 Å². The lowest BCUT2D eigenvalue weighted by Crippen LogP contribution is -2.50. The third-order valence-electron chi connectivity index (χ3n) is 7.00. The first kappa shape index (κ1) is 29.8. The minimum atomic E-state index is -3.64. The standard InChI is InChI=1S/C28H37N3O8S/c1-21(28(33)29-18-25-4-3-15-38-25)31(19-22-5-7-23(36-2)8-6-22)27(32)20-39-24-9-11-26(12-10-24)40(34,35)30-13-16-37-17-14-30/h5-12,21,25H,3-4,13-20H2,1-2H3,(H,29,33)/t21-,25-/m0/s1. The highest BCUT2D eigenvalue weighted by molar-refractivity contribution is 7.89. The Bertz CT molecular complexity index is 1230. The molecule has 0 spiro atoms. The van der Waals surface area contributed by atoms with Gasteiger partial charge in [0, 0.05) is 32.8 Å². The van der Waals surface area contributed by atoms with E-state index >= 15 is 0 Å². The molecule has 0 bridgehead atoms. The summed E-state index contributed by atoms with van der Waals surface area (Å²) in [7, 11) is -2.06. The van der Waals surface area contributed by atoms with E-state index in [1.165, 1.54) is 33.5 Å². The van der Waals surface area contributed by atoms with Crippen molar-refractivity contribution in [1.29, 1.82) is 0 Å². The Morgan fingerprint density at radius 2 is 1.73 bits per heavy atom. The zero-order valence-corrected chi connectivity index (χ0v) is 23.7. The molecule has 2 aliphatic heterocycles. The first-order valence-corrected chi connectivity index (χ1v) is 14.8. The Kier molecular flexibility index (Phi) is 10.4. The number of rotatable bonds is 12. The summed E-state index contributed by atoms with van der Waals surface area (Å²) in [6.45, 7) is 3.96. The van der Waals surface area contributed by atoms with Crippen molar-refractivity contribution in [2.45, 2.75) is 43.4 Å². The Labute approximate surface area is 235 Å². The molecule has 40 heavy (non-hydrogen) atoms.